The van der Waals surface area contributed by atoms with Crippen molar-refractivity contribution >= 4 is 0 Å². The maximum atomic E-state index is 9.35. The molecule has 0 aromatic heterocycles. The van der Waals surface area contributed by atoms with Crippen LogP contribution in [0.2, 0.25) is 0 Å². The topological polar surface area (TPSA) is 20.2 Å². The summed E-state index contributed by atoms with van der Waals surface area (Å²) in [6, 6.07) is 0. The Morgan fingerprint density at radius 1 is 1.62 bits per heavy atom. The van der Waals surface area contributed by atoms with Gasteiger partial charge in [0.05, 0.1) is 5.60 Å². The minimum Gasteiger partial charge on any atom is -0.390 e. The average Bonchev–Trinajstić information content (AvgIpc) is 1.64. The van der Waals surface area contributed by atoms with Crippen LogP contribution < -0.4 is 0 Å². The summed E-state index contributed by atoms with van der Waals surface area (Å²) >= 11 is 0. The highest BCUT2D eigenvalue weighted by atomic mass is 16.3. The molecule has 8 heavy (non-hydrogen) atoms. The molecule has 1 N–H and O–H groups in total. The molecule has 0 unspecified atom stereocenters. The molecule has 1 aliphatic carbocycles. The lowest BCUT2D eigenvalue weighted by atomic mass is 9.77. The lowest BCUT2D eigenvalue weighted by Crippen LogP contribution is -2.36. The Hall–Kier alpha value is -0.0400. The van der Waals surface area contributed by atoms with Crippen molar-refractivity contribution in [3.63, 3.8) is 0 Å². The lowest BCUT2D eigenvalue weighted by molar-refractivity contribution is -0.00379. The summed E-state index contributed by atoms with van der Waals surface area (Å²) in [5, 5.41) is 9.35. The molecule has 0 bridgehead atoms. The van der Waals surface area contributed by atoms with Crippen LogP contribution in [0.15, 0.2) is 0 Å². The maximum absolute atomic E-state index is 9.35. The predicted octanol–water partition coefficient (Wildman–Crippen LogP) is 1.52. The van der Waals surface area contributed by atoms with E-state index in [1.54, 1.807) is 0 Å². The fourth-order valence-electron chi connectivity index (χ4n) is 1.12. The quantitative estimate of drug-likeness (QED) is 0.575. The first-order valence-corrected chi connectivity index (χ1v) is 3.33. The molecular formula is C7H13O. The van der Waals surface area contributed by atoms with Gasteiger partial charge in [-0.1, -0.05) is 13.3 Å². The van der Waals surface area contributed by atoms with Crippen LogP contribution in [-0.2, 0) is 0 Å². The Morgan fingerprint density at radius 2 is 2.25 bits per heavy atom. The lowest BCUT2D eigenvalue weighted by Gasteiger charge is -2.35. The van der Waals surface area contributed by atoms with Crippen LogP contribution in [0.1, 0.15) is 32.6 Å². The third kappa shape index (κ3) is 1.03. The second kappa shape index (κ2) is 2.06. The molecule has 0 aromatic rings. The van der Waals surface area contributed by atoms with E-state index in [4.69, 9.17) is 0 Å². The smallest absolute Gasteiger partial charge is 0.0679 e. The van der Waals surface area contributed by atoms with Gasteiger partial charge in [0, 0.05) is 0 Å². The van der Waals surface area contributed by atoms with Gasteiger partial charge in [-0.05, 0) is 25.7 Å². The summed E-state index contributed by atoms with van der Waals surface area (Å²) in [4.78, 5) is 0. The van der Waals surface area contributed by atoms with Crippen molar-refractivity contribution in [2.75, 3.05) is 0 Å². The molecule has 0 saturated heterocycles. The van der Waals surface area contributed by atoms with Gasteiger partial charge < -0.3 is 5.11 Å². The van der Waals surface area contributed by atoms with Crippen LogP contribution in [0.25, 0.3) is 0 Å². The van der Waals surface area contributed by atoms with Crippen molar-refractivity contribution in [3.05, 3.63) is 6.42 Å². The van der Waals surface area contributed by atoms with Crippen molar-refractivity contribution in [3.8, 4) is 0 Å². The van der Waals surface area contributed by atoms with Crippen molar-refractivity contribution in [1.82, 2.24) is 0 Å². The van der Waals surface area contributed by atoms with Gasteiger partial charge in [0.2, 0.25) is 0 Å². The molecular weight excluding hydrogens is 100 g/mol. The molecule has 1 aliphatic rings. The van der Waals surface area contributed by atoms with Crippen molar-refractivity contribution < 1.29 is 5.11 Å². The van der Waals surface area contributed by atoms with E-state index in [9.17, 15) is 5.11 Å². The van der Waals surface area contributed by atoms with Gasteiger partial charge in [0.15, 0.2) is 0 Å². The zero-order valence-electron chi connectivity index (χ0n) is 5.35. The summed E-state index contributed by atoms with van der Waals surface area (Å²) in [6.07, 6.45) is 6.18. The van der Waals surface area contributed by atoms with Gasteiger partial charge in [-0.3, -0.25) is 0 Å². The molecule has 1 fully saturated rings. The Labute approximate surface area is 50.7 Å². The third-order valence-corrected chi connectivity index (χ3v) is 1.80. The molecule has 1 heteroatoms. The van der Waals surface area contributed by atoms with Crippen molar-refractivity contribution in [1.29, 1.82) is 0 Å². The zero-order chi connectivity index (χ0) is 6.04. The third-order valence-electron chi connectivity index (χ3n) is 1.80. The van der Waals surface area contributed by atoms with Gasteiger partial charge in [-0.15, -0.1) is 0 Å². The second-order valence-electron chi connectivity index (χ2n) is 2.57. The Balaban J connectivity index is 2.20. The molecule has 0 atom stereocenters. The second-order valence-corrected chi connectivity index (χ2v) is 2.57. The van der Waals surface area contributed by atoms with E-state index in [0.29, 0.717) is 0 Å². The van der Waals surface area contributed by atoms with Gasteiger partial charge in [-0.2, -0.15) is 0 Å². The fraction of sp³-hybridized carbons (Fsp3) is 0.857. The van der Waals surface area contributed by atoms with Crippen LogP contribution in [0.3, 0.4) is 0 Å². The first-order chi connectivity index (χ1) is 3.77. The van der Waals surface area contributed by atoms with Gasteiger partial charge in [-0.25, -0.2) is 0 Å². The summed E-state index contributed by atoms with van der Waals surface area (Å²) < 4.78 is 0. The van der Waals surface area contributed by atoms with E-state index < -0.39 is 0 Å². The standard InChI is InChI=1S/C7H13O/c1-2-4-7(8)5-3-6-7/h4,8H,2-3,5-6H2,1H3. The maximum Gasteiger partial charge on any atom is 0.0679 e. The van der Waals surface area contributed by atoms with E-state index >= 15 is 0 Å². The molecule has 0 spiro atoms. The number of aliphatic hydroxyl groups is 1. The van der Waals surface area contributed by atoms with E-state index in [1.807, 2.05) is 6.42 Å². The molecule has 1 saturated carbocycles. The normalized spacial score (nSPS) is 24.8. The highest BCUT2D eigenvalue weighted by Crippen LogP contribution is 2.34. The molecule has 0 heterocycles. The van der Waals surface area contributed by atoms with Gasteiger partial charge >= 0.3 is 0 Å². The summed E-state index contributed by atoms with van der Waals surface area (Å²) in [5.41, 5.74) is -0.352. The van der Waals surface area contributed by atoms with E-state index in [0.717, 1.165) is 19.3 Å². The minimum atomic E-state index is -0.352. The predicted molar refractivity (Wildman–Crippen MR) is 33.4 cm³/mol. The monoisotopic (exact) mass is 113 g/mol. The molecule has 1 rings (SSSR count). The summed E-state index contributed by atoms with van der Waals surface area (Å²) in [6.45, 7) is 2.07. The number of hydrogen-bond donors (Lipinski definition) is 1. The first-order valence-electron chi connectivity index (χ1n) is 3.33. The van der Waals surface area contributed by atoms with Crippen molar-refractivity contribution in [2.24, 2.45) is 0 Å². The van der Waals surface area contributed by atoms with Gasteiger partial charge in [0.25, 0.3) is 0 Å². The zero-order valence-corrected chi connectivity index (χ0v) is 5.35. The molecule has 1 radical (unpaired) electrons. The largest absolute Gasteiger partial charge is 0.390 e. The molecule has 0 amide bonds. The molecule has 47 valence electrons. The number of hydrogen-bond acceptors (Lipinski definition) is 1. The molecule has 0 aliphatic heterocycles. The highest BCUT2D eigenvalue weighted by Gasteiger charge is 2.32. The first kappa shape index (κ1) is 6.09. The van der Waals surface area contributed by atoms with Crippen LogP contribution in [0.5, 0.6) is 0 Å². The Morgan fingerprint density at radius 3 is 2.38 bits per heavy atom. The van der Waals surface area contributed by atoms with Crippen LogP contribution >= 0.6 is 0 Å². The minimum absolute atomic E-state index is 0.352. The van der Waals surface area contributed by atoms with Gasteiger partial charge in [0.1, 0.15) is 0 Å². The Kier molecular flexibility index (Phi) is 1.57. The summed E-state index contributed by atoms with van der Waals surface area (Å²) in [7, 11) is 0. The van der Waals surface area contributed by atoms with Crippen LogP contribution in [0, 0.1) is 6.42 Å². The SMILES string of the molecule is CC[CH]C1(O)CCC1. The van der Waals surface area contributed by atoms with Crippen LogP contribution in [-0.4, -0.2) is 10.7 Å². The van der Waals surface area contributed by atoms with Crippen LogP contribution in [0.4, 0.5) is 0 Å². The fourth-order valence-corrected chi connectivity index (χ4v) is 1.12. The van der Waals surface area contributed by atoms with Crippen molar-refractivity contribution in [2.45, 2.75) is 38.2 Å². The van der Waals surface area contributed by atoms with E-state index in [1.165, 1.54) is 6.42 Å². The van der Waals surface area contributed by atoms with E-state index in [2.05, 4.69) is 6.92 Å². The average molecular weight is 113 g/mol. The molecule has 1 nitrogen and oxygen atoms in total. The highest BCUT2D eigenvalue weighted by molar-refractivity contribution is 4.98. The molecule has 0 aromatic carbocycles. The summed E-state index contributed by atoms with van der Waals surface area (Å²) in [5.74, 6) is 0. The Bertz CT molecular complexity index is 74.5. The van der Waals surface area contributed by atoms with E-state index in [-0.39, 0.29) is 5.60 Å². The number of rotatable bonds is 2.